The number of nitrogens with zero attached hydrogens (tertiary/aromatic N) is 3. The molecule has 4 rings (SSSR count). The van der Waals surface area contributed by atoms with Crippen molar-refractivity contribution in [2.24, 2.45) is 10.7 Å². The van der Waals surface area contributed by atoms with Crippen molar-refractivity contribution < 1.29 is 14.2 Å². The van der Waals surface area contributed by atoms with E-state index in [1.807, 2.05) is 41.0 Å². The van der Waals surface area contributed by atoms with E-state index in [1.165, 1.54) is 0 Å². The maximum Gasteiger partial charge on any atom is 0.212 e. The van der Waals surface area contributed by atoms with Gasteiger partial charge in [0.05, 0.1) is 32.4 Å². The zero-order valence-corrected chi connectivity index (χ0v) is 14.7. The van der Waals surface area contributed by atoms with Crippen molar-refractivity contribution in [2.45, 2.75) is 6.17 Å². The Morgan fingerprint density at radius 3 is 2.38 bits per heavy atom. The van der Waals surface area contributed by atoms with Crippen LogP contribution in [0.15, 0.2) is 41.4 Å². The van der Waals surface area contributed by atoms with Gasteiger partial charge in [-0.15, -0.1) is 0 Å². The molecule has 0 saturated heterocycles. The lowest BCUT2D eigenvalue weighted by Gasteiger charge is -2.25. The summed E-state index contributed by atoms with van der Waals surface area (Å²) >= 11 is 0. The fourth-order valence-electron chi connectivity index (χ4n) is 3.19. The number of aromatic nitrogens is 2. The average Bonchev–Trinajstić information content (AvgIpc) is 3.04. The van der Waals surface area contributed by atoms with Gasteiger partial charge in [0.25, 0.3) is 0 Å². The lowest BCUT2D eigenvalue weighted by Crippen LogP contribution is -2.31. The first kappa shape index (κ1) is 16.1. The zero-order chi connectivity index (χ0) is 18.3. The Morgan fingerprint density at radius 1 is 1.04 bits per heavy atom. The molecule has 3 aromatic rings. The molecule has 8 heteroatoms. The third-order valence-electron chi connectivity index (χ3n) is 4.33. The van der Waals surface area contributed by atoms with Gasteiger partial charge in [-0.1, -0.05) is 12.1 Å². The van der Waals surface area contributed by atoms with E-state index in [-0.39, 0.29) is 0 Å². The first-order chi connectivity index (χ1) is 12.7. The first-order valence-electron chi connectivity index (χ1n) is 8.03. The summed E-state index contributed by atoms with van der Waals surface area (Å²) in [5.74, 6) is 2.57. The minimum Gasteiger partial charge on any atom is -0.493 e. The standard InChI is InChI=1S/C18H19N5O3/c1-24-13-8-10(9-14(25-2)15(13)26-3)16-21-17(19)22-18-20-11-6-4-5-7-12(11)23(16)18/h4-9,16H,1-3H3,(H3,19,20,21,22)/t16-/m1/s1. The van der Waals surface area contributed by atoms with Crippen LogP contribution in [-0.4, -0.2) is 36.8 Å². The van der Waals surface area contributed by atoms with Crippen LogP contribution in [0.1, 0.15) is 11.7 Å². The van der Waals surface area contributed by atoms with Crippen LogP contribution in [0, 0.1) is 0 Å². The van der Waals surface area contributed by atoms with E-state index in [9.17, 15) is 0 Å². The highest BCUT2D eigenvalue weighted by Gasteiger charge is 2.27. The Balaban J connectivity index is 1.94. The van der Waals surface area contributed by atoms with Crippen LogP contribution in [0.5, 0.6) is 17.2 Å². The van der Waals surface area contributed by atoms with Crippen LogP contribution in [0.2, 0.25) is 0 Å². The van der Waals surface area contributed by atoms with Gasteiger partial charge in [-0.05, 0) is 24.3 Å². The number of methoxy groups -OCH3 is 3. The molecule has 1 aliphatic heterocycles. The van der Waals surface area contributed by atoms with Crippen molar-refractivity contribution in [1.82, 2.24) is 9.55 Å². The fraction of sp³-hybridized carbons (Fsp3) is 0.222. The third kappa shape index (κ3) is 2.38. The fourth-order valence-corrected chi connectivity index (χ4v) is 3.19. The largest absolute Gasteiger partial charge is 0.493 e. The van der Waals surface area contributed by atoms with Gasteiger partial charge in [0.2, 0.25) is 11.7 Å². The average molecular weight is 353 g/mol. The van der Waals surface area contributed by atoms with Crippen molar-refractivity contribution in [3.8, 4) is 17.2 Å². The second kappa shape index (κ2) is 6.14. The Hall–Kier alpha value is -3.42. The van der Waals surface area contributed by atoms with Crippen molar-refractivity contribution in [3.05, 3.63) is 42.0 Å². The number of imidazole rings is 1. The predicted octanol–water partition coefficient (Wildman–Crippen LogP) is 2.35. The topological polar surface area (TPSA) is 95.9 Å². The number of anilines is 1. The number of rotatable bonds is 4. The van der Waals surface area contributed by atoms with E-state index < -0.39 is 6.17 Å². The minimum absolute atomic E-state index is 0.298. The maximum absolute atomic E-state index is 5.99. The van der Waals surface area contributed by atoms with Crippen LogP contribution < -0.4 is 25.3 Å². The molecule has 1 aromatic heterocycles. The summed E-state index contributed by atoms with van der Waals surface area (Å²) in [5.41, 5.74) is 8.64. The molecule has 0 unspecified atom stereocenters. The van der Waals surface area contributed by atoms with Crippen molar-refractivity contribution in [1.29, 1.82) is 0 Å². The molecule has 134 valence electrons. The monoisotopic (exact) mass is 353 g/mol. The summed E-state index contributed by atoms with van der Waals surface area (Å²) in [5, 5.41) is 3.02. The molecule has 1 atom stereocenters. The number of fused-ring (bicyclic) bond motifs is 3. The molecule has 1 aliphatic rings. The van der Waals surface area contributed by atoms with Crippen LogP contribution in [0.3, 0.4) is 0 Å². The SMILES string of the molecule is COc1cc([C@@H]2N=C(N)Nc3nc4ccccc4n32)cc(OC)c1OC. The molecule has 0 radical (unpaired) electrons. The number of aliphatic imine (C=N–C) groups is 1. The van der Waals surface area contributed by atoms with Crippen molar-refractivity contribution in [2.75, 3.05) is 26.6 Å². The molecule has 2 heterocycles. The van der Waals surface area contributed by atoms with E-state index in [0.29, 0.717) is 29.2 Å². The van der Waals surface area contributed by atoms with Gasteiger partial charge in [0, 0.05) is 5.56 Å². The highest BCUT2D eigenvalue weighted by molar-refractivity contribution is 5.94. The molecule has 0 amide bonds. The number of benzene rings is 2. The highest BCUT2D eigenvalue weighted by atomic mass is 16.5. The number of nitrogens with one attached hydrogen (secondary N) is 1. The Kier molecular flexibility index (Phi) is 3.80. The predicted molar refractivity (Wildman–Crippen MR) is 99.2 cm³/mol. The number of nitrogens with two attached hydrogens (primary N) is 1. The maximum atomic E-state index is 5.99. The summed E-state index contributed by atoms with van der Waals surface area (Å²) in [6.07, 6.45) is -0.410. The number of hydrogen-bond donors (Lipinski definition) is 2. The summed E-state index contributed by atoms with van der Waals surface area (Å²) in [7, 11) is 4.74. The number of hydrogen-bond acceptors (Lipinski definition) is 7. The van der Waals surface area contributed by atoms with Gasteiger partial charge < -0.3 is 19.9 Å². The van der Waals surface area contributed by atoms with Gasteiger partial charge in [-0.2, -0.15) is 0 Å². The number of guanidine groups is 1. The second-order valence-electron chi connectivity index (χ2n) is 5.77. The van der Waals surface area contributed by atoms with Gasteiger partial charge in [-0.25, -0.2) is 9.98 Å². The van der Waals surface area contributed by atoms with Gasteiger partial charge >= 0.3 is 0 Å². The summed E-state index contributed by atoms with van der Waals surface area (Å²) in [6.45, 7) is 0. The van der Waals surface area contributed by atoms with Gasteiger partial charge in [-0.3, -0.25) is 9.88 Å². The van der Waals surface area contributed by atoms with Crippen LogP contribution >= 0.6 is 0 Å². The van der Waals surface area contributed by atoms with E-state index in [2.05, 4.69) is 15.3 Å². The third-order valence-corrected chi connectivity index (χ3v) is 4.33. The normalized spacial score (nSPS) is 15.8. The van der Waals surface area contributed by atoms with E-state index in [1.54, 1.807) is 21.3 Å². The number of ether oxygens (including phenoxy) is 3. The van der Waals surface area contributed by atoms with E-state index in [0.717, 1.165) is 16.6 Å². The molecule has 8 nitrogen and oxygen atoms in total. The molecule has 26 heavy (non-hydrogen) atoms. The van der Waals surface area contributed by atoms with E-state index >= 15 is 0 Å². The Bertz CT molecular complexity index is 986. The lowest BCUT2D eigenvalue weighted by atomic mass is 10.1. The molecular weight excluding hydrogens is 334 g/mol. The molecule has 0 saturated carbocycles. The highest BCUT2D eigenvalue weighted by Crippen LogP contribution is 2.42. The molecule has 2 aromatic carbocycles. The molecular formula is C18H19N5O3. The molecule has 3 N–H and O–H groups in total. The van der Waals surface area contributed by atoms with Crippen LogP contribution in [-0.2, 0) is 0 Å². The molecule has 0 aliphatic carbocycles. The first-order valence-corrected chi connectivity index (χ1v) is 8.03. The van der Waals surface area contributed by atoms with Crippen LogP contribution in [0.25, 0.3) is 11.0 Å². The summed E-state index contributed by atoms with van der Waals surface area (Å²) < 4.78 is 18.3. The molecule has 0 fully saturated rings. The number of para-hydroxylation sites is 2. The smallest absolute Gasteiger partial charge is 0.212 e. The van der Waals surface area contributed by atoms with Crippen molar-refractivity contribution in [3.63, 3.8) is 0 Å². The van der Waals surface area contributed by atoms with E-state index in [4.69, 9.17) is 19.9 Å². The Labute approximate surface area is 150 Å². The minimum atomic E-state index is -0.410. The Morgan fingerprint density at radius 2 is 1.73 bits per heavy atom. The lowest BCUT2D eigenvalue weighted by molar-refractivity contribution is 0.323. The zero-order valence-electron chi connectivity index (χ0n) is 14.7. The molecule has 0 spiro atoms. The second-order valence-corrected chi connectivity index (χ2v) is 5.77. The van der Waals surface area contributed by atoms with Crippen molar-refractivity contribution >= 4 is 22.9 Å². The summed E-state index contributed by atoms with van der Waals surface area (Å²) in [6, 6.07) is 11.6. The summed E-state index contributed by atoms with van der Waals surface area (Å²) in [4.78, 5) is 9.18. The van der Waals surface area contributed by atoms with Gasteiger partial charge in [0.1, 0.15) is 0 Å². The quantitative estimate of drug-likeness (QED) is 0.747. The molecule has 0 bridgehead atoms. The van der Waals surface area contributed by atoms with Gasteiger partial charge in [0.15, 0.2) is 23.6 Å². The van der Waals surface area contributed by atoms with Crippen LogP contribution in [0.4, 0.5) is 5.95 Å².